The summed E-state index contributed by atoms with van der Waals surface area (Å²) in [5, 5.41) is 10.1. The van der Waals surface area contributed by atoms with Crippen LogP contribution in [-0.2, 0) is 14.3 Å². The minimum Gasteiger partial charge on any atom is -0.458 e. The molecule has 3 fully saturated rings. The molecule has 0 aromatic heterocycles. The Balaban J connectivity index is 1.55. The number of aliphatic hydroxyl groups is 1. The highest BCUT2D eigenvalue weighted by atomic mass is 16.5. The van der Waals surface area contributed by atoms with E-state index in [0.29, 0.717) is 17.8 Å². The van der Waals surface area contributed by atoms with Gasteiger partial charge in [-0.3, -0.25) is 9.59 Å². The maximum Gasteiger partial charge on any atom is 0.303 e. The zero-order valence-electron chi connectivity index (χ0n) is 17.0. The topological polar surface area (TPSA) is 63.6 Å². The molecule has 0 amide bonds. The normalized spacial score (nSPS) is 45.9. The van der Waals surface area contributed by atoms with Gasteiger partial charge in [-0.15, -0.1) is 0 Å². The summed E-state index contributed by atoms with van der Waals surface area (Å²) < 4.78 is 5.02. The number of rotatable bonds is 3. The lowest BCUT2D eigenvalue weighted by molar-refractivity contribution is -0.149. The van der Waals surface area contributed by atoms with Crippen LogP contribution in [0.5, 0.6) is 0 Å². The largest absolute Gasteiger partial charge is 0.458 e. The monoisotopic (exact) mass is 374 g/mol. The first-order chi connectivity index (χ1) is 12.8. The fourth-order valence-electron chi connectivity index (χ4n) is 7.51. The minimum atomic E-state index is -0.370. The molecular weight excluding hydrogens is 340 g/mol. The molecule has 1 N–H and O–H groups in total. The lowest BCUT2D eigenvalue weighted by Gasteiger charge is -2.58. The number of ketones is 1. The number of ether oxygens (including phenoxy) is 1. The molecule has 0 radical (unpaired) electrons. The Kier molecular flexibility index (Phi) is 4.77. The van der Waals surface area contributed by atoms with E-state index in [1.807, 2.05) is 0 Å². The van der Waals surface area contributed by atoms with Gasteiger partial charge in [-0.05, 0) is 80.0 Å². The van der Waals surface area contributed by atoms with E-state index in [1.165, 1.54) is 25.3 Å². The number of aliphatic hydroxyl groups excluding tert-OH is 1. The fourth-order valence-corrected chi connectivity index (χ4v) is 7.51. The summed E-state index contributed by atoms with van der Waals surface area (Å²) in [5.74, 6) is 1.77. The Labute approximate surface area is 162 Å². The van der Waals surface area contributed by atoms with Gasteiger partial charge in [-0.2, -0.15) is 0 Å². The van der Waals surface area contributed by atoms with Gasteiger partial charge in [0.2, 0.25) is 0 Å². The highest BCUT2D eigenvalue weighted by Crippen LogP contribution is 2.66. The molecule has 0 saturated heterocycles. The number of fused-ring (bicyclic) bond motifs is 5. The maximum atomic E-state index is 12.8. The van der Waals surface area contributed by atoms with Crippen LogP contribution in [0.15, 0.2) is 11.6 Å². The standard InChI is InChI=1S/C23H34O4/c1-14(24)27-13-21(26)20-7-6-18-17-5-4-15-12-16(25)8-10-22(15,2)19(17)9-11-23(18,20)3/h12,16-20,25H,4-11,13H2,1-3H3/t16-,17+,18+,19-,20-,22+,23+/m1/s1. The number of hydrogen-bond donors (Lipinski definition) is 1. The second-order valence-electron chi connectivity index (χ2n) is 10.1. The van der Waals surface area contributed by atoms with E-state index in [4.69, 9.17) is 4.74 Å². The van der Waals surface area contributed by atoms with Crippen LogP contribution in [0.4, 0.5) is 0 Å². The van der Waals surface area contributed by atoms with Gasteiger partial charge < -0.3 is 9.84 Å². The third-order valence-corrected chi connectivity index (χ3v) is 8.90. The zero-order valence-corrected chi connectivity index (χ0v) is 17.0. The van der Waals surface area contributed by atoms with Crippen LogP contribution in [0.1, 0.15) is 72.1 Å². The van der Waals surface area contributed by atoms with E-state index in [-0.39, 0.29) is 41.2 Å². The van der Waals surface area contributed by atoms with E-state index < -0.39 is 0 Å². The lowest BCUT2D eigenvalue weighted by atomic mass is 9.46. The van der Waals surface area contributed by atoms with Gasteiger partial charge in [0, 0.05) is 12.8 Å². The molecule has 150 valence electrons. The Bertz CT molecular complexity index is 667. The third kappa shape index (κ3) is 2.99. The summed E-state index contributed by atoms with van der Waals surface area (Å²) in [6.07, 6.45) is 10.5. The van der Waals surface area contributed by atoms with Crippen LogP contribution in [0.3, 0.4) is 0 Å². The van der Waals surface area contributed by atoms with Crippen LogP contribution in [-0.4, -0.2) is 29.6 Å². The number of carbonyl (C=O) groups excluding carboxylic acids is 2. The second-order valence-corrected chi connectivity index (χ2v) is 10.1. The molecule has 4 nitrogen and oxygen atoms in total. The van der Waals surface area contributed by atoms with Crippen molar-refractivity contribution in [2.75, 3.05) is 6.61 Å². The van der Waals surface area contributed by atoms with Crippen molar-refractivity contribution in [1.82, 2.24) is 0 Å². The number of hydrogen-bond acceptors (Lipinski definition) is 4. The van der Waals surface area contributed by atoms with E-state index in [2.05, 4.69) is 19.9 Å². The van der Waals surface area contributed by atoms with Crippen LogP contribution < -0.4 is 0 Å². The first-order valence-corrected chi connectivity index (χ1v) is 10.8. The molecule has 0 spiro atoms. The van der Waals surface area contributed by atoms with Crippen LogP contribution >= 0.6 is 0 Å². The van der Waals surface area contributed by atoms with Crippen molar-refractivity contribution >= 4 is 11.8 Å². The molecule has 4 aliphatic carbocycles. The van der Waals surface area contributed by atoms with Crippen LogP contribution in [0, 0.1) is 34.5 Å². The quantitative estimate of drug-likeness (QED) is 0.598. The number of esters is 1. The predicted octanol–water partition coefficient (Wildman–Crippen LogP) is 4.06. The molecule has 4 aliphatic rings. The van der Waals surface area contributed by atoms with Crippen molar-refractivity contribution in [2.45, 2.75) is 78.2 Å². The summed E-state index contributed by atoms with van der Waals surface area (Å²) >= 11 is 0. The van der Waals surface area contributed by atoms with Crippen LogP contribution in [0.2, 0.25) is 0 Å². The number of carbonyl (C=O) groups is 2. The first-order valence-electron chi connectivity index (χ1n) is 10.8. The van der Waals surface area contributed by atoms with Crippen molar-refractivity contribution in [2.24, 2.45) is 34.5 Å². The molecule has 0 aromatic carbocycles. The number of allylic oxidation sites excluding steroid dienone is 1. The summed E-state index contributed by atoms with van der Waals surface area (Å²) in [6, 6.07) is 0. The zero-order chi connectivity index (χ0) is 19.4. The van der Waals surface area contributed by atoms with Crippen molar-refractivity contribution in [3.05, 3.63) is 11.6 Å². The van der Waals surface area contributed by atoms with Gasteiger partial charge in [0.1, 0.15) is 6.61 Å². The fraction of sp³-hybridized carbons (Fsp3) is 0.826. The average Bonchev–Trinajstić information content (AvgIpc) is 2.97. The summed E-state index contributed by atoms with van der Waals surface area (Å²) in [7, 11) is 0. The van der Waals surface area contributed by atoms with Crippen LogP contribution in [0.25, 0.3) is 0 Å². The Hall–Kier alpha value is -1.16. The first kappa shape index (κ1) is 19.2. The van der Waals surface area contributed by atoms with Crippen molar-refractivity contribution in [1.29, 1.82) is 0 Å². The molecule has 0 aliphatic heterocycles. The highest BCUT2D eigenvalue weighted by molar-refractivity contribution is 5.85. The molecule has 27 heavy (non-hydrogen) atoms. The predicted molar refractivity (Wildman–Crippen MR) is 103 cm³/mol. The van der Waals surface area contributed by atoms with Gasteiger partial charge in [0.05, 0.1) is 6.10 Å². The van der Waals surface area contributed by atoms with Crippen molar-refractivity contribution in [3.8, 4) is 0 Å². The van der Waals surface area contributed by atoms with Gasteiger partial charge >= 0.3 is 5.97 Å². The Morgan fingerprint density at radius 2 is 1.89 bits per heavy atom. The third-order valence-electron chi connectivity index (χ3n) is 8.90. The molecule has 0 unspecified atom stereocenters. The second kappa shape index (κ2) is 6.72. The summed E-state index contributed by atoms with van der Waals surface area (Å²) in [4.78, 5) is 23.9. The molecule has 7 atom stereocenters. The Morgan fingerprint density at radius 3 is 2.63 bits per heavy atom. The maximum absolute atomic E-state index is 12.8. The van der Waals surface area contributed by atoms with Crippen molar-refractivity contribution in [3.63, 3.8) is 0 Å². The van der Waals surface area contributed by atoms with E-state index in [9.17, 15) is 14.7 Å². The smallest absolute Gasteiger partial charge is 0.303 e. The SMILES string of the molecule is CC(=O)OCC(=O)[C@H]1CC[C@H]2[C@@H]3CCC4=C[C@H](O)CC[C@]4(C)[C@@H]3CC[C@]12C. The summed E-state index contributed by atoms with van der Waals surface area (Å²) in [6.45, 7) is 6.07. The van der Waals surface area contributed by atoms with Gasteiger partial charge in [-0.1, -0.05) is 25.5 Å². The van der Waals surface area contributed by atoms with Crippen molar-refractivity contribution < 1.29 is 19.4 Å². The molecule has 0 heterocycles. The minimum absolute atomic E-state index is 0.0423. The van der Waals surface area contributed by atoms with E-state index in [0.717, 1.165) is 38.5 Å². The molecule has 3 saturated carbocycles. The Morgan fingerprint density at radius 1 is 1.11 bits per heavy atom. The highest BCUT2D eigenvalue weighted by Gasteiger charge is 2.60. The van der Waals surface area contributed by atoms with Gasteiger partial charge in [0.15, 0.2) is 5.78 Å². The van der Waals surface area contributed by atoms with Gasteiger partial charge in [0.25, 0.3) is 0 Å². The lowest BCUT2D eigenvalue weighted by Crippen LogP contribution is -2.51. The van der Waals surface area contributed by atoms with E-state index in [1.54, 1.807) is 0 Å². The molecular formula is C23H34O4. The average molecular weight is 375 g/mol. The number of Topliss-reactive ketones (excluding diaryl/α,β-unsaturated/α-hetero) is 1. The molecule has 0 aromatic rings. The molecule has 0 bridgehead atoms. The molecule has 4 rings (SSSR count). The summed E-state index contributed by atoms with van der Waals surface area (Å²) in [5.41, 5.74) is 1.79. The van der Waals surface area contributed by atoms with Gasteiger partial charge in [-0.25, -0.2) is 0 Å². The van der Waals surface area contributed by atoms with E-state index >= 15 is 0 Å². The molecule has 4 heteroatoms.